The minimum atomic E-state index is -1.06. The van der Waals surface area contributed by atoms with Gasteiger partial charge in [-0.15, -0.1) is 0 Å². The average Bonchev–Trinajstić information content (AvgIpc) is 3.46. The quantitative estimate of drug-likeness (QED) is 0.151. The topological polar surface area (TPSA) is 111 Å². The Morgan fingerprint density at radius 3 is 2.31 bits per heavy atom. The molecule has 0 N–H and O–H groups in total. The van der Waals surface area contributed by atoms with Crippen molar-refractivity contribution in [3.63, 3.8) is 0 Å². The molecule has 202 valence electrons. The van der Waals surface area contributed by atoms with Crippen LogP contribution in [0.25, 0.3) is 0 Å². The van der Waals surface area contributed by atoms with Gasteiger partial charge in [0, 0.05) is 12.1 Å². The van der Waals surface area contributed by atoms with Crippen LogP contribution in [-0.2, 0) is 14.4 Å². The van der Waals surface area contributed by atoms with Crippen molar-refractivity contribution in [1.29, 1.82) is 0 Å². The van der Waals surface area contributed by atoms with Crippen LogP contribution in [0, 0.1) is 16.0 Å². The maximum Gasteiger partial charge on any atom is 0.269 e. The number of carbonyl (C=O) groups is 2. The maximum absolute atomic E-state index is 13.8. The SMILES string of the molecule is CCCCOc1ccc([C@@H]2[C@H]3C(=O)N(c4ccc([N+](=O)[O-])cc4)C(=O)[C@@H]3ON2c2ccccc2)cc1OCC. The predicted octanol–water partition coefficient (Wildman–Crippen LogP) is 5.22. The Balaban J connectivity index is 1.53. The lowest BCUT2D eigenvalue weighted by Gasteiger charge is -2.29. The number of nitrogens with zero attached hydrogens (tertiary/aromatic N) is 3. The van der Waals surface area contributed by atoms with Gasteiger partial charge in [-0.1, -0.05) is 37.6 Å². The number of benzene rings is 3. The lowest BCUT2D eigenvalue weighted by molar-refractivity contribution is -0.384. The van der Waals surface area contributed by atoms with Gasteiger partial charge in [0.2, 0.25) is 5.91 Å². The molecule has 0 saturated carbocycles. The Morgan fingerprint density at radius 1 is 0.897 bits per heavy atom. The van der Waals surface area contributed by atoms with Gasteiger partial charge in [0.05, 0.1) is 35.6 Å². The highest BCUT2D eigenvalue weighted by Crippen LogP contribution is 2.48. The molecule has 0 bridgehead atoms. The maximum atomic E-state index is 13.8. The fourth-order valence-corrected chi connectivity index (χ4v) is 4.95. The molecule has 10 nitrogen and oxygen atoms in total. The number of hydrogen-bond donors (Lipinski definition) is 0. The summed E-state index contributed by atoms with van der Waals surface area (Å²) in [6, 6.07) is 19.5. The third-order valence-corrected chi connectivity index (χ3v) is 6.81. The molecule has 0 aromatic heterocycles. The molecule has 0 unspecified atom stereocenters. The fraction of sp³-hybridized carbons (Fsp3) is 0.310. The van der Waals surface area contributed by atoms with Crippen molar-refractivity contribution in [2.75, 3.05) is 23.2 Å². The largest absolute Gasteiger partial charge is 0.490 e. The van der Waals surface area contributed by atoms with E-state index in [1.165, 1.54) is 24.3 Å². The zero-order valence-corrected chi connectivity index (χ0v) is 21.7. The summed E-state index contributed by atoms with van der Waals surface area (Å²) in [5.74, 6) is -0.659. The number of hydroxylamine groups is 1. The van der Waals surface area contributed by atoms with Gasteiger partial charge >= 0.3 is 0 Å². The number of fused-ring (bicyclic) bond motifs is 1. The second-order valence-electron chi connectivity index (χ2n) is 9.28. The highest BCUT2D eigenvalue weighted by atomic mass is 16.7. The molecule has 2 aliphatic heterocycles. The first-order valence-electron chi connectivity index (χ1n) is 13.0. The fourth-order valence-electron chi connectivity index (χ4n) is 4.95. The molecule has 10 heteroatoms. The highest BCUT2D eigenvalue weighted by Gasteiger charge is 2.60. The lowest BCUT2D eigenvalue weighted by atomic mass is 9.90. The summed E-state index contributed by atoms with van der Waals surface area (Å²) in [6.45, 7) is 4.95. The van der Waals surface area contributed by atoms with Crippen LogP contribution in [0.3, 0.4) is 0 Å². The number of para-hydroxylation sites is 1. The predicted molar refractivity (Wildman–Crippen MR) is 144 cm³/mol. The minimum absolute atomic E-state index is 0.132. The van der Waals surface area contributed by atoms with Gasteiger partial charge in [-0.3, -0.25) is 24.5 Å². The molecule has 0 spiro atoms. The smallest absolute Gasteiger partial charge is 0.269 e. The number of ether oxygens (including phenoxy) is 2. The molecule has 2 amide bonds. The van der Waals surface area contributed by atoms with E-state index < -0.39 is 34.8 Å². The Kier molecular flexibility index (Phi) is 7.47. The third kappa shape index (κ3) is 4.90. The van der Waals surface area contributed by atoms with E-state index in [9.17, 15) is 19.7 Å². The van der Waals surface area contributed by atoms with Gasteiger partial charge in [-0.25, -0.2) is 9.96 Å². The van der Waals surface area contributed by atoms with Crippen molar-refractivity contribution in [1.82, 2.24) is 0 Å². The highest BCUT2D eigenvalue weighted by molar-refractivity contribution is 6.24. The molecule has 2 heterocycles. The van der Waals surface area contributed by atoms with Crippen molar-refractivity contribution in [2.24, 2.45) is 5.92 Å². The number of hydrogen-bond acceptors (Lipinski definition) is 8. The zero-order chi connectivity index (χ0) is 27.5. The Hall–Kier alpha value is -4.44. The molecule has 39 heavy (non-hydrogen) atoms. The second-order valence-corrected chi connectivity index (χ2v) is 9.28. The Morgan fingerprint density at radius 2 is 1.64 bits per heavy atom. The van der Waals surface area contributed by atoms with Crippen LogP contribution < -0.4 is 19.4 Å². The number of nitro groups is 1. The van der Waals surface area contributed by atoms with Gasteiger partial charge in [0.1, 0.15) is 5.92 Å². The van der Waals surface area contributed by atoms with Gasteiger partial charge in [0.25, 0.3) is 11.6 Å². The molecule has 2 aliphatic rings. The molecular formula is C29H29N3O7. The zero-order valence-electron chi connectivity index (χ0n) is 21.7. The summed E-state index contributed by atoms with van der Waals surface area (Å²) < 4.78 is 11.8. The number of amides is 2. The number of unbranched alkanes of at least 4 members (excludes halogenated alkanes) is 1. The standard InChI is InChI=1S/C29H29N3O7/c1-3-5-17-38-23-16-11-19(18-24(23)37-4-2)26-25-27(39-31(26)21-9-7-6-8-10-21)29(34)30(28(25)33)20-12-14-22(15-13-20)32(35)36/h6-16,18,25-27H,3-5,17H2,1-2H3/t25-,26-,27-/m1/s1. The molecule has 3 atom stereocenters. The Bertz CT molecular complexity index is 1360. The van der Waals surface area contributed by atoms with Crippen LogP contribution in [0.1, 0.15) is 38.3 Å². The molecule has 5 rings (SSSR count). The monoisotopic (exact) mass is 531 g/mol. The van der Waals surface area contributed by atoms with E-state index in [0.717, 1.165) is 23.3 Å². The van der Waals surface area contributed by atoms with Gasteiger partial charge in [0.15, 0.2) is 17.6 Å². The summed E-state index contributed by atoms with van der Waals surface area (Å²) in [4.78, 5) is 45.1. The number of imide groups is 1. The first-order chi connectivity index (χ1) is 18.9. The third-order valence-electron chi connectivity index (χ3n) is 6.81. The van der Waals surface area contributed by atoms with Crippen LogP contribution in [-0.4, -0.2) is 36.1 Å². The van der Waals surface area contributed by atoms with Crippen LogP contribution in [0.4, 0.5) is 17.1 Å². The van der Waals surface area contributed by atoms with Crippen molar-refractivity contribution in [2.45, 2.75) is 38.8 Å². The molecule has 3 aromatic carbocycles. The first-order valence-corrected chi connectivity index (χ1v) is 13.0. The number of anilines is 2. The molecule has 0 aliphatic carbocycles. The van der Waals surface area contributed by atoms with E-state index in [1.807, 2.05) is 55.5 Å². The minimum Gasteiger partial charge on any atom is -0.490 e. The number of rotatable bonds is 10. The summed E-state index contributed by atoms with van der Waals surface area (Å²) in [7, 11) is 0. The van der Waals surface area contributed by atoms with E-state index in [2.05, 4.69) is 6.92 Å². The Labute approximate surface area is 225 Å². The van der Waals surface area contributed by atoms with Crippen molar-refractivity contribution in [3.8, 4) is 11.5 Å². The van der Waals surface area contributed by atoms with Gasteiger partial charge in [-0.05, 0) is 55.3 Å². The lowest BCUT2D eigenvalue weighted by Crippen LogP contribution is -2.37. The van der Waals surface area contributed by atoms with E-state index in [1.54, 1.807) is 5.06 Å². The van der Waals surface area contributed by atoms with Crippen molar-refractivity contribution >= 4 is 28.9 Å². The van der Waals surface area contributed by atoms with E-state index >= 15 is 0 Å². The van der Waals surface area contributed by atoms with E-state index in [0.29, 0.717) is 30.4 Å². The van der Waals surface area contributed by atoms with Gasteiger partial charge in [-0.2, -0.15) is 0 Å². The number of carbonyl (C=O) groups excluding carboxylic acids is 2. The van der Waals surface area contributed by atoms with E-state index in [4.69, 9.17) is 14.3 Å². The summed E-state index contributed by atoms with van der Waals surface area (Å²) >= 11 is 0. The first kappa shape index (κ1) is 26.2. The van der Waals surface area contributed by atoms with Crippen molar-refractivity contribution < 1.29 is 28.8 Å². The van der Waals surface area contributed by atoms with Crippen LogP contribution in [0.5, 0.6) is 11.5 Å². The molecule has 0 radical (unpaired) electrons. The summed E-state index contributed by atoms with van der Waals surface area (Å²) in [5.41, 5.74) is 1.55. The van der Waals surface area contributed by atoms with Crippen LogP contribution in [0.2, 0.25) is 0 Å². The normalized spacial score (nSPS) is 20.3. The van der Waals surface area contributed by atoms with E-state index in [-0.39, 0.29) is 11.4 Å². The number of nitro benzene ring substituents is 1. The van der Waals surface area contributed by atoms with Crippen LogP contribution >= 0.6 is 0 Å². The summed E-state index contributed by atoms with van der Waals surface area (Å²) in [6.07, 6.45) is 0.844. The average molecular weight is 532 g/mol. The van der Waals surface area contributed by atoms with Gasteiger partial charge < -0.3 is 9.47 Å². The molecular weight excluding hydrogens is 502 g/mol. The van der Waals surface area contributed by atoms with Crippen LogP contribution in [0.15, 0.2) is 72.8 Å². The molecule has 2 fully saturated rings. The van der Waals surface area contributed by atoms with Crippen molar-refractivity contribution in [3.05, 3.63) is 88.5 Å². The number of non-ortho nitro benzene ring substituents is 1. The molecule has 3 aromatic rings. The molecule has 2 saturated heterocycles. The summed E-state index contributed by atoms with van der Waals surface area (Å²) in [5, 5.41) is 12.7. The second kappa shape index (κ2) is 11.1.